The van der Waals surface area contributed by atoms with Gasteiger partial charge in [0.2, 0.25) is 0 Å². The lowest BCUT2D eigenvalue weighted by atomic mass is 9.87. The van der Waals surface area contributed by atoms with Crippen LogP contribution in [0.4, 0.5) is 5.69 Å². The summed E-state index contributed by atoms with van der Waals surface area (Å²) in [4.78, 5) is 53.7. The molecule has 0 bridgehead atoms. The average Bonchev–Trinajstić information content (AvgIpc) is 3.51. The van der Waals surface area contributed by atoms with Crippen molar-refractivity contribution in [2.24, 2.45) is 0 Å². The molecule has 2 aromatic carbocycles. The van der Waals surface area contributed by atoms with E-state index in [1.165, 1.54) is 16.7 Å². The first-order valence-corrected chi connectivity index (χ1v) is 15.0. The van der Waals surface area contributed by atoms with E-state index < -0.39 is 6.10 Å². The van der Waals surface area contributed by atoms with Crippen LogP contribution in [0.3, 0.4) is 0 Å². The Balaban J connectivity index is 1.17. The number of H-pyrrole nitrogens is 2. The van der Waals surface area contributed by atoms with Gasteiger partial charge in [0.05, 0.1) is 27.8 Å². The number of hydrogen-bond acceptors (Lipinski definition) is 8. The van der Waals surface area contributed by atoms with Crippen molar-refractivity contribution in [2.45, 2.75) is 51.2 Å². The van der Waals surface area contributed by atoms with Gasteiger partial charge in [-0.3, -0.25) is 19.3 Å². The number of amides is 2. The van der Waals surface area contributed by atoms with E-state index in [1.54, 1.807) is 18.2 Å². The largest absolute Gasteiger partial charge is 0.491 e. The van der Waals surface area contributed by atoms with Crippen molar-refractivity contribution in [1.82, 2.24) is 24.8 Å². The third-order valence-electron chi connectivity index (χ3n) is 8.46. The fourth-order valence-corrected chi connectivity index (χ4v) is 5.86. The molecule has 1 atom stereocenters. The lowest BCUT2D eigenvalue weighted by Gasteiger charge is -2.33. The van der Waals surface area contributed by atoms with Crippen LogP contribution in [-0.4, -0.2) is 87.1 Å². The monoisotopic (exact) mass is 598 g/mol. The van der Waals surface area contributed by atoms with Gasteiger partial charge in [-0.05, 0) is 74.3 Å². The lowest BCUT2D eigenvalue weighted by molar-refractivity contribution is 0.0516. The third-order valence-corrected chi connectivity index (χ3v) is 8.46. The molecule has 0 aliphatic carbocycles. The zero-order valence-corrected chi connectivity index (χ0v) is 25.4. The number of anilines is 1. The Morgan fingerprint density at radius 1 is 1.05 bits per heavy atom. The molecule has 2 aromatic heterocycles. The van der Waals surface area contributed by atoms with Crippen LogP contribution in [0.5, 0.6) is 5.75 Å². The number of ether oxygens (including phenoxy) is 1. The number of aliphatic hydroxyl groups is 1. The fourth-order valence-electron chi connectivity index (χ4n) is 5.86. The molecule has 1 fully saturated rings. The van der Waals surface area contributed by atoms with Crippen LogP contribution < -0.4 is 15.6 Å². The maximum Gasteiger partial charge on any atom is 0.261 e. The van der Waals surface area contributed by atoms with Crippen LogP contribution in [0.1, 0.15) is 59.9 Å². The van der Waals surface area contributed by atoms with Gasteiger partial charge in [0.15, 0.2) is 0 Å². The van der Waals surface area contributed by atoms with E-state index >= 15 is 0 Å². The molecule has 2 aliphatic heterocycles. The molecule has 230 valence electrons. The van der Waals surface area contributed by atoms with E-state index in [9.17, 15) is 19.5 Å². The summed E-state index contributed by atoms with van der Waals surface area (Å²) in [5.74, 6) is 0.352. The minimum Gasteiger partial charge on any atom is -0.491 e. The van der Waals surface area contributed by atoms with Crippen molar-refractivity contribution >= 4 is 28.5 Å². The number of hydrogen-bond donors (Lipinski definition) is 4. The van der Waals surface area contributed by atoms with Gasteiger partial charge < -0.3 is 30.0 Å². The van der Waals surface area contributed by atoms with Crippen LogP contribution in [0, 0.1) is 0 Å². The highest BCUT2D eigenvalue weighted by molar-refractivity contribution is 6.23. The van der Waals surface area contributed by atoms with Gasteiger partial charge in [-0.1, -0.05) is 32.9 Å². The predicted molar refractivity (Wildman–Crippen MR) is 168 cm³/mol. The molecule has 2 amide bonds. The SMILES string of the molecule is CN1CCC(N2C(=O)c3cc4nc(-c5c(NCC(O)COc6ccc(C(C)(C)C)cc6)cc[nH]c5=O)[nH]c4cc3C2=O)CC1. The quantitative estimate of drug-likeness (QED) is 0.225. The van der Waals surface area contributed by atoms with E-state index in [2.05, 4.69) is 45.9 Å². The summed E-state index contributed by atoms with van der Waals surface area (Å²) in [5.41, 5.74) is 3.26. The van der Waals surface area contributed by atoms with Crippen molar-refractivity contribution in [2.75, 3.05) is 38.6 Å². The van der Waals surface area contributed by atoms with Crippen molar-refractivity contribution < 1.29 is 19.4 Å². The number of piperidine rings is 1. The molecule has 0 saturated carbocycles. The molecule has 2 aliphatic rings. The van der Waals surface area contributed by atoms with E-state index in [4.69, 9.17) is 4.74 Å². The van der Waals surface area contributed by atoms with Gasteiger partial charge in [0.1, 0.15) is 29.8 Å². The van der Waals surface area contributed by atoms with Crippen LogP contribution >= 0.6 is 0 Å². The third kappa shape index (κ3) is 5.72. The van der Waals surface area contributed by atoms with Crippen molar-refractivity contribution in [3.05, 3.63) is 75.7 Å². The van der Waals surface area contributed by atoms with Crippen molar-refractivity contribution in [3.63, 3.8) is 0 Å². The Labute approximate surface area is 255 Å². The maximum absolute atomic E-state index is 13.3. The number of aromatic nitrogens is 3. The Morgan fingerprint density at radius 2 is 1.73 bits per heavy atom. The number of imidazole rings is 1. The Kier molecular flexibility index (Phi) is 7.77. The Bertz CT molecular complexity index is 1710. The summed E-state index contributed by atoms with van der Waals surface area (Å²) < 4.78 is 5.77. The van der Waals surface area contributed by atoms with E-state index in [0.29, 0.717) is 33.6 Å². The molecule has 11 heteroatoms. The molecule has 0 radical (unpaired) electrons. The van der Waals surface area contributed by atoms with E-state index in [-0.39, 0.29) is 53.4 Å². The number of rotatable bonds is 8. The molecule has 44 heavy (non-hydrogen) atoms. The van der Waals surface area contributed by atoms with Crippen molar-refractivity contribution in [1.29, 1.82) is 0 Å². The van der Waals surface area contributed by atoms with Gasteiger partial charge in [0.25, 0.3) is 17.4 Å². The van der Waals surface area contributed by atoms with Gasteiger partial charge in [-0.25, -0.2) is 4.98 Å². The molecule has 4 heterocycles. The number of fused-ring (bicyclic) bond motifs is 2. The average molecular weight is 599 g/mol. The minimum atomic E-state index is -0.854. The number of nitrogens with zero attached hydrogens (tertiary/aromatic N) is 3. The highest BCUT2D eigenvalue weighted by Gasteiger charge is 2.41. The smallest absolute Gasteiger partial charge is 0.261 e. The van der Waals surface area contributed by atoms with Crippen molar-refractivity contribution in [3.8, 4) is 17.1 Å². The summed E-state index contributed by atoms with van der Waals surface area (Å²) in [6, 6.07) is 12.7. The molecule has 1 saturated heterocycles. The summed E-state index contributed by atoms with van der Waals surface area (Å²) in [6.07, 6.45) is 2.16. The zero-order valence-electron chi connectivity index (χ0n) is 25.4. The maximum atomic E-state index is 13.3. The number of nitrogens with one attached hydrogen (secondary N) is 3. The Hall–Kier alpha value is -4.48. The first-order chi connectivity index (χ1) is 21.0. The number of imide groups is 1. The normalized spacial score (nSPS) is 16.9. The van der Waals surface area contributed by atoms with Crippen LogP contribution in [0.15, 0.2) is 53.5 Å². The minimum absolute atomic E-state index is 0.0371. The number of pyridine rings is 1. The zero-order chi connectivity index (χ0) is 31.2. The predicted octanol–water partition coefficient (Wildman–Crippen LogP) is 3.76. The number of carbonyl (C=O) groups is 2. The number of benzene rings is 2. The van der Waals surface area contributed by atoms with Gasteiger partial charge in [-0.2, -0.15) is 0 Å². The molecule has 11 nitrogen and oxygen atoms in total. The molecular weight excluding hydrogens is 560 g/mol. The number of likely N-dealkylation sites (tertiary alicyclic amines) is 1. The highest BCUT2D eigenvalue weighted by atomic mass is 16.5. The molecular formula is C33H38N6O5. The summed E-state index contributed by atoms with van der Waals surface area (Å²) >= 11 is 0. The van der Waals surface area contributed by atoms with E-state index in [0.717, 1.165) is 25.9 Å². The number of carbonyl (C=O) groups excluding carboxylic acids is 2. The van der Waals surface area contributed by atoms with Gasteiger partial charge >= 0.3 is 0 Å². The number of aromatic amines is 2. The molecule has 6 rings (SSSR count). The first kappa shape index (κ1) is 29.6. The second kappa shape index (κ2) is 11.5. The standard InChI is InChI=1S/C33H38N6O5/c1-33(2,3)19-5-7-22(8-6-19)44-18-21(40)17-35-25-9-12-34-30(41)28(25)29-36-26-15-23-24(16-27(26)37-29)32(43)39(31(23)42)20-10-13-38(4)14-11-20/h5-9,12,15-16,20-21,40H,10-11,13-14,17-18H2,1-4H3,(H,36,37)(H2,34,35,41). The topological polar surface area (TPSA) is 144 Å². The van der Waals surface area contributed by atoms with Crippen LogP contribution in [0.2, 0.25) is 0 Å². The molecule has 4 aromatic rings. The van der Waals surface area contributed by atoms with E-state index in [1.807, 2.05) is 31.3 Å². The molecule has 4 N–H and O–H groups in total. The summed E-state index contributed by atoms with van der Waals surface area (Å²) in [5, 5.41) is 13.7. The lowest BCUT2D eigenvalue weighted by Crippen LogP contribution is -2.46. The highest BCUT2D eigenvalue weighted by Crippen LogP contribution is 2.33. The molecule has 1 unspecified atom stereocenters. The van der Waals surface area contributed by atoms with Gasteiger partial charge in [0, 0.05) is 18.8 Å². The number of aliphatic hydroxyl groups excluding tert-OH is 1. The Morgan fingerprint density at radius 3 is 2.41 bits per heavy atom. The van der Waals surface area contributed by atoms with Crippen LogP contribution in [0.25, 0.3) is 22.4 Å². The molecule has 0 spiro atoms. The summed E-state index contributed by atoms with van der Waals surface area (Å²) in [7, 11) is 2.04. The second-order valence-electron chi connectivity index (χ2n) is 12.7. The van der Waals surface area contributed by atoms with Gasteiger partial charge in [-0.15, -0.1) is 0 Å². The first-order valence-electron chi connectivity index (χ1n) is 15.0. The van der Waals surface area contributed by atoms with Crippen LogP contribution in [-0.2, 0) is 5.41 Å². The summed E-state index contributed by atoms with van der Waals surface area (Å²) in [6.45, 7) is 8.29. The second-order valence-corrected chi connectivity index (χ2v) is 12.7. The fraction of sp³-hybridized carbons (Fsp3) is 0.394.